The van der Waals surface area contributed by atoms with Crippen LogP contribution in [0.5, 0.6) is 0 Å². The predicted molar refractivity (Wildman–Crippen MR) is 55.3 cm³/mol. The van der Waals surface area contributed by atoms with E-state index in [4.69, 9.17) is 4.74 Å². The van der Waals surface area contributed by atoms with E-state index in [1.807, 2.05) is 0 Å². The van der Waals surface area contributed by atoms with Gasteiger partial charge in [-0.3, -0.25) is 0 Å². The van der Waals surface area contributed by atoms with Gasteiger partial charge in [0.2, 0.25) is 0 Å². The van der Waals surface area contributed by atoms with E-state index in [-0.39, 0.29) is 6.04 Å². The molecule has 2 aliphatic rings. The van der Waals surface area contributed by atoms with Crippen LogP contribution < -0.4 is 5.32 Å². The topological polar surface area (TPSA) is 41.5 Å². The molecule has 0 radical (unpaired) electrons. The Morgan fingerprint density at radius 3 is 2.93 bits per heavy atom. The van der Waals surface area contributed by atoms with Crippen molar-refractivity contribution in [3.8, 4) is 0 Å². The first-order chi connectivity index (χ1) is 6.81. The first-order valence-electron chi connectivity index (χ1n) is 5.85. The summed E-state index contributed by atoms with van der Waals surface area (Å²) in [6.07, 6.45) is 6.76. The van der Waals surface area contributed by atoms with Gasteiger partial charge in [-0.05, 0) is 32.2 Å². The van der Waals surface area contributed by atoms with Crippen LogP contribution in [0.3, 0.4) is 0 Å². The van der Waals surface area contributed by atoms with Gasteiger partial charge in [-0.25, -0.2) is 0 Å². The molecule has 0 amide bonds. The first kappa shape index (κ1) is 10.4. The van der Waals surface area contributed by atoms with Gasteiger partial charge in [0, 0.05) is 12.6 Å². The standard InChI is InChI=1S/C11H21NO2/c13-11(6-4-8-14-9-11)10-5-2-1-3-7-12-10/h10,12-13H,1-9H2. The van der Waals surface area contributed by atoms with Gasteiger partial charge in [0.1, 0.15) is 5.60 Å². The van der Waals surface area contributed by atoms with Gasteiger partial charge in [-0.2, -0.15) is 0 Å². The normalized spacial score (nSPS) is 40.5. The maximum absolute atomic E-state index is 10.4. The van der Waals surface area contributed by atoms with E-state index in [9.17, 15) is 5.11 Å². The van der Waals surface area contributed by atoms with Crippen molar-refractivity contribution in [3.63, 3.8) is 0 Å². The van der Waals surface area contributed by atoms with Crippen LogP contribution in [0.25, 0.3) is 0 Å². The van der Waals surface area contributed by atoms with E-state index in [1.165, 1.54) is 19.3 Å². The van der Waals surface area contributed by atoms with Crippen LogP contribution in [0, 0.1) is 0 Å². The van der Waals surface area contributed by atoms with Crippen LogP contribution >= 0.6 is 0 Å². The summed E-state index contributed by atoms with van der Waals surface area (Å²) >= 11 is 0. The molecule has 3 heteroatoms. The molecule has 0 bridgehead atoms. The number of aliphatic hydroxyl groups is 1. The van der Waals surface area contributed by atoms with Crippen molar-refractivity contribution >= 4 is 0 Å². The molecule has 0 spiro atoms. The molecule has 0 aromatic heterocycles. The molecule has 2 N–H and O–H groups in total. The summed E-state index contributed by atoms with van der Waals surface area (Å²) in [5.41, 5.74) is -0.595. The number of hydrogen-bond acceptors (Lipinski definition) is 3. The zero-order valence-corrected chi connectivity index (χ0v) is 8.80. The molecular formula is C11H21NO2. The maximum Gasteiger partial charge on any atom is 0.103 e. The molecule has 2 saturated heterocycles. The largest absolute Gasteiger partial charge is 0.386 e. The summed E-state index contributed by atoms with van der Waals surface area (Å²) in [7, 11) is 0. The maximum atomic E-state index is 10.4. The summed E-state index contributed by atoms with van der Waals surface area (Å²) in [5.74, 6) is 0. The fourth-order valence-electron chi connectivity index (χ4n) is 2.56. The molecule has 82 valence electrons. The molecule has 0 aliphatic carbocycles. The third-order valence-corrected chi connectivity index (χ3v) is 3.46. The van der Waals surface area contributed by atoms with Crippen molar-refractivity contribution in [3.05, 3.63) is 0 Å². The minimum atomic E-state index is -0.595. The van der Waals surface area contributed by atoms with Crippen molar-refractivity contribution in [2.45, 2.75) is 50.2 Å². The summed E-state index contributed by atoms with van der Waals surface area (Å²) in [5, 5.41) is 13.9. The smallest absolute Gasteiger partial charge is 0.103 e. The van der Waals surface area contributed by atoms with Gasteiger partial charge in [-0.15, -0.1) is 0 Å². The molecule has 2 rings (SSSR count). The van der Waals surface area contributed by atoms with Gasteiger partial charge >= 0.3 is 0 Å². The van der Waals surface area contributed by atoms with Gasteiger partial charge in [0.25, 0.3) is 0 Å². The Morgan fingerprint density at radius 2 is 2.14 bits per heavy atom. The zero-order valence-electron chi connectivity index (χ0n) is 8.80. The molecule has 2 aliphatic heterocycles. The van der Waals surface area contributed by atoms with Gasteiger partial charge in [-0.1, -0.05) is 12.8 Å². The molecular weight excluding hydrogens is 178 g/mol. The summed E-state index contributed by atoms with van der Waals surface area (Å²) in [6.45, 7) is 2.38. The third-order valence-electron chi connectivity index (χ3n) is 3.46. The van der Waals surface area contributed by atoms with Crippen LogP contribution in [0.2, 0.25) is 0 Å². The Labute approximate surface area is 85.8 Å². The molecule has 2 unspecified atom stereocenters. The molecule has 14 heavy (non-hydrogen) atoms. The van der Waals surface area contributed by atoms with Crippen LogP contribution in [0.1, 0.15) is 38.5 Å². The third kappa shape index (κ3) is 2.27. The molecule has 0 aromatic rings. The quantitative estimate of drug-likeness (QED) is 0.663. The lowest BCUT2D eigenvalue weighted by atomic mass is 9.86. The number of ether oxygens (including phenoxy) is 1. The van der Waals surface area contributed by atoms with Crippen molar-refractivity contribution in [1.82, 2.24) is 5.32 Å². The Kier molecular flexibility index (Phi) is 3.42. The van der Waals surface area contributed by atoms with Crippen LogP contribution in [0.4, 0.5) is 0 Å². The van der Waals surface area contributed by atoms with E-state index in [1.54, 1.807) is 0 Å². The molecule has 0 aromatic carbocycles. The second-order valence-electron chi connectivity index (χ2n) is 4.62. The Bertz CT molecular complexity index is 170. The van der Waals surface area contributed by atoms with E-state index in [0.717, 1.165) is 32.4 Å². The van der Waals surface area contributed by atoms with E-state index < -0.39 is 5.60 Å². The van der Waals surface area contributed by atoms with Crippen molar-refractivity contribution in [2.24, 2.45) is 0 Å². The molecule has 0 saturated carbocycles. The van der Waals surface area contributed by atoms with Crippen molar-refractivity contribution < 1.29 is 9.84 Å². The van der Waals surface area contributed by atoms with Gasteiger partial charge < -0.3 is 15.2 Å². The second-order valence-corrected chi connectivity index (χ2v) is 4.62. The average Bonchev–Trinajstić information content (AvgIpc) is 2.47. The molecule has 3 nitrogen and oxygen atoms in total. The lowest BCUT2D eigenvalue weighted by Crippen LogP contribution is -2.55. The number of rotatable bonds is 1. The van der Waals surface area contributed by atoms with Crippen LogP contribution in [-0.4, -0.2) is 36.5 Å². The van der Waals surface area contributed by atoms with E-state index in [2.05, 4.69) is 5.32 Å². The SMILES string of the molecule is OC1(C2CCCCCN2)CCCOC1. The van der Waals surface area contributed by atoms with Crippen LogP contribution in [0.15, 0.2) is 0 Å². The number of nitrogens with one attached hydrogen (secondary N) is 1. The average molecular weight is 199 g/mol. The lowest BCUT2D eigenvalue weighted by Gasteiger charge is -2.38. The first-order valence-corrected chi connectivity index (χ1v) is 5.85. The van der Waals surface area contributed by atoms with E-state index >= 15 is 0 Å². The summed E-state index contributed by atoms with van der Waals surface area (Å²) < 4.78 is 5.39. The zero-order chi connectivity index (χ0) is 9.86. The van der Waals surface area contributed by atoms with Gasteiger partial charge in [0.05, 0.1) is 6.61 Å². The Hall–Kier alpha value is -0.120. The predicted octanol–water partition coefficient (Wildman–Crippen LogP) is 1.06. The highest BCUT2D eigenvalue weighted by atomic mass is 16.5. The van der Waals surface area contributed by atoms with Crippen molar-refractivity contribution in [1.29, 1.82) is 0 Å². The van der Waals surface area contributed by atoms with Crippen LogP contribution in [-0.2, 0) is 4.74 Å². The highest BCUT2D eigenvalue weighted by Crippen LogP contribution is 2.27. The monoisotopic (exact) mass is 199 g/mol. The molecule has 2 atom stereocenters. The fourth-order valence-corrected chi connectivity index (χ4v) is 2.56. The lowest BCUT2D eigenvalue weighted by molar-refractivity contribution is -0.106. The molecule has 2 heterocycles. The van der Waals surface area contributed by atoms with E-state index in [0.29, 0.717) is 6.61 Å². The fraction of sp³-hybridized carbons (Fsp3) is 1.00. The highest BCUT2D eigenvalue weighted by molar-refractivity contribution is 4.94. The summed E-state index contributed by atoms with van der Waals surface area (Å²) in [4.78, 5) is 0. The Morgan fingerprint density at radius 1 is 1.21 bits per heavy atom. The van der Waals surface area contributed by atoms with Gasteiger partial charge in [0.15, 0.2) is 0 Å². The number of hydrogen-bond donors (Lipinski definition) is 2. The second kappa shape index (κ2) is 4.60. The highest BCUT2D eigenvalue weighted by Gasteiger charge is 2.38. The minimum absolute atomic E-state index is 0.255. The molecule has 2 fully saturated rings. The minimum Gasteiger partial charge on any atom is -0.386 e. The Balaban J connectivity index is 1.95. The van der Waals surface area contributed by atoms with Crippen molar-refractivity contribution in [2.75, 3.05) is 19.8 Å². The summed E-state index contributed by atoms with van der Waals surface area (Å²) in [6, 6.07) is 0.255.